The predicted molar refractivity (Wildman–Crippen MR) is 44.2 cm³/mol. The zero-order chi connectivity index (χ0) is 7.11. The lowest BCUT2D eigenvalue weighted by Crippen LogP contribution is -2.24. The highest BCUT2D eigenvalue weighted by Gasteiger charge is 1.96. The topological polar surface area (TPSA) is 3.24 Å². The van der Waals surface area contributed by atoms with Crippen molar-refractivity contribution in [3.05, 3.63) is 0 Å². The molecule has 0 aliphatic carbocycles. The molecule has 0 aromatic rings. The van der Waals surface area contributed by atoms with Crippen LogP contribution in [0, 0.1) is 0 Å². The minimum atomic E-state index is 0.587. The molecule has 9 heavy (non-hydrogen) atoms. The SMILES string of the molecule is CCN(CC)CC[Si]Cl. The van der Waals surface area contributed by atoms with Gasteiger partial charge >= 0.3 is 0 Å². The molecule has 0 fully saturated rings. The number of halogens is 1. The quantitative estimate of drug-likeness (QED) is 0.440. The maximum Gasteiger partial charge on any atom is 0.173 e. The highest BCUT2D eigenvalue weighted by molar-refractivity contribution is 6.93. The van der Waals surface area contributed by atoms with Crippen molar-refractivity contribution in [2.45, 2.75) is 19.9 Å². The van der Waals surface area contributed by atoms with Gasteiger partial charge in [0.1, 0.15) is 0 Å². The summed E-state index contributed by atoms with van der Waals surface area (Å²) >= 11 is 5.56. The van der Waals surface area contributed by atoms with E-state index in [1.54, 1.807) is 0 Å². The summed E-state index contributed by atoms with van der Waals surface area (Å²) in [7, 11) is 0.587. The Labute approximate surface area is 64.9 Å². The third kappa shape index (κ3) is 4.94. The van der Waals surface area contributed by atoms with Crippen molar-refractivity contribution in [2.24, 2.45) is 0 Å². The maximum absolute atomic E-state index is 5.56. The second-order valence-corrected chi connectivity index (χ2v) is 3.48. The minimum absolute atomic E-state index is 0.587. The van der Waals surface area contributed by atoms with Crippen LogP contribution in [0.5, 0.6) is 0 Å². The average molecular weight is 164 g/mol. The van der Waals surface area contributed by atoms with Crippen LogP contribution in [0.3, 0.4) is 0 Å². The summed E-state index contributed by atoms with van der Waals surface area (Å²) in [6.45, 7) is 7.83. The molecule has 0 aromatic carbocycles. The summed E-state index contributed by atoms with van der Waals surface area (Å²) in [5.41, 5.74) is 0. The Kier molecular flexibility index (Phi) is 6.93. The van der Waals surface area contributed by atoms with E-state index in [4.69, 9.17) is 11.1 Å². The van der Waals surface area contributed by atoms with E-state index in [0.717, 1.165) is 25.7 Å². The lowest BCUT2D eigenvalue weighted by molar-refractivity contribution is 0.321. The van der Waals surface area contributed by atoms with Crippen molar-refractivity contribution < 1.29 is 0 Å². The minimum Gasteiger partial charge on any atom is -0.304 e. The third-order valence-electron chi connectivity index (χ3n) is 1.42. The van der Waals surface area contributed by atoms with Gasteiger partial charge in [0.25, 0.3) is 0 Å². The van der Waals surface area contributed by atoms with Crippen LogP contribution in [0.15, 0.2) is 0 Å². The summed E-state index contributed by atoms with van der Waals surface area (Å²) < 4.78 is 0. The van der Waals surface area contributed by atoms with Gasteiger partial charge in [-0.3, -0.25) is 0 Å². The van der Waals surface area contributed by atoms with E-state index in [2.05, 4.69) is 18.7 Å². The summed E-state index contributed by atoms with van der Waals surface area (Å²) in [6, 6.07) is 1.14. The molecule has 0 heterocycles. The number of rotatable bonds is 5. The Morgan fingerprint density at radius 3 is 2.22 bits per heavy atom. The van der Waals surface area contributed by atoms with E-state index in [1.165, 1.54) is 0 Å². The first-order valence-electron chi connectivity index (χ1n) is 3.41. The monoisotopic (exact) mass is 163 g/mol. The molecule has 0 aliphatic rings. The fraction of sp³-hybridized carbons (Fsp3) is 1.00. The summed E-state index contributed by atoms with van der Waals surface area (Å²) in [5, 5.41) is 0. The summed E-state index contributed by atoms with van der Waals surface area (Å²) in [5.74, 6) is 0. The van der Waals surface area contributed by atoms with E-state index >= 15 is 0 Å². The molecule has 0 aromatic heterocycles. The van der Waals surface area contributed by atoms with Crippen molar-refractivity contribution in [3.8, 4) is 0 Å². The van der Waals surface area contributed by atoms with Crippen LogP contribution in [0.25, 0.3) is 0 Å². The predicted octanol–water partition coefficient (Wildman–Crippen LogP) is 1.60. The second-order valence-electron chi connectivity index (χ2n) is 1.91. The van der Waals surface area contributed by atoms with Gasteiger partial charge in [0, 0.05) is 0 Å². The fourth-order valence-electron chi connectivity index (χ4n) is 0.740. The van der Waals surface area contributed by atoms with Crippen molar-refractivity contribution >= 4 is 19.9 Å². The van der Waals surface area contributed by atoms with Crippen molar-refractivity contribution in [2.75, 3.05) is 19.6 Å². The Morgan fingerprint density at radius 1 is 1.33 bits per heavy atom. The van der Waals surface area contributed by atoms with Crippen LogP contribution < -0.4 is 0 Å². The molecule has 1 nitrogen and oxygen atoms in total. The Balaban J connectivity index is 3.09. The van der Waals surface area contributed by atoms with Gasteiger partial charge in [0.2, 0.25) is 0 Å². The molecule has 54 valence electrons. The van der Waals surface area contributed by atoms with Gasteiger partial charge in [0.15, 0.2) is 8.83 Å². The number of hydrogen-bond acceptors (Lipinski definition) is 1. The van der Waals surface area contributed by atoms with Gasteiger partial charge in [-0.1, -0.05) is 13.8 Å². The fourth-order valence-corrected chi connectivity index (χ4v) is 1.39. The Bertz CT molecular complexity index is 57.0. The van der Waals surface area contributed by atoms with E-state index in [0.29, 0.717) is 8.83 Å². The molecule has 0 aliphatic heterocycles. The van der Waals surface area contributed by atoms with Gasteiger partial charge in [-0.15, -0.1) is 0 Å². The average Bonchev–Trinajstić information content (AvgIpc) is 1.91. The molecule has 3 heteroatoms. The molecule has 0 saturated carbocycles. The van der Waals surface area contributed by atoms with Gasteiger partial charge in [-0.25, -0.2) is 0 Å². The molecule has 0 N–H and O–H groups in total. The summed E-state index contributed by atoms with van der Waals surface area (Å²) in [6.07, 6.45) is 0. The molecule has 2 radical (unpaired) electrons. The molecule has 0 bridgehead atoms. The number of hydrogen-bond donors (Lipinski definition) is 0. The third-order valence-corrected chi connectivity index (χ3v) is 2.40. The first-order chi connectivity index (χ1) is 4.35. The molecule has 0 amide bonds. The smallest absolute Gasteiger partial charge is 0.173 e. The zero-order valence-electron chi connectivity index (χ0n) is 6.15. The van der Waals surface area contributed by atoms with Crippen LogP contribution >= 0.6 is 11.1 Å². The van der Waals surface area contributed by atoms with Crippen molar-refractivity contribution in [1.82, 2.24) is 4.90 Å². The first-order valence-corrected chi connectivity index (χ1v) is 5.62. The van der Waals surface area contributed by atoms with E-state index in [-0.39, 0.29) is 0 Å². The molecule has 0 atom stereocenters. The molecular weight excluding hydrogens is 150 g/mol. The standard InChI is InChI=1S/C6H14ClNSi/c1-3-8(4-2)5-6-9-7/h3-6H2,1-2H3. The van der Waals surface area contributed by atoms with Crippen LogP contribution in [-0.4, -0.2) is 33.4 Å². The summed E-state index contributed by atoms with van der Waals surface area (Å²) in [4.78, 5) is 2.38. The van der Waals surface area contributed by atoms with E-state index in [9.17, 15) is 0 Å². The number of nitrogens with zero attached hydrogens (tertiary/aromatic N) is 1. The lowest BCUT2D eigenvalue weighted by Gasteiger charge is -2.16. The van der Waals surface area contributed by atoms with Crippen LogP contribution in [-0.2, 0) is 0 Å². The normalized spacial score (nSPS) is 10.7. The van der Waals surface area contributed by atoms with Crippen LogP contribution in [0.1, 0.15) is 13.8 Å². The second kappa shape index (κ2) is 6.58. The van der Waals surface area contributed by atoms with E-state index in [1.807, 2.05) is 0 Å². The zero-order valence-corrected chi connectivity index (χ0v) is 7.91. The maximum atomic E-state index is 5.56. The van der Waals surface area contributed by atoms with Gasteiger partial charge in [-0.05, 0) is 25.7 Å². The van der Waals surface area contributed by atoms with Crippen molar-refractivity contribution in [1.29, 1.82) is 0 Å². The Hall–Kier alpha value is 0.467. The van der Waals surface area contributed by atoms with Crippen molar-refractivity contribution in [3.63, 3.8) is 0 Å². The molecule has 0 saturated heterocycles. The van der Waals surface area contributed by atoms with E-state index < -0.39 is 0 Å². The molecule has 0 spiro atoms. The molecular formula is C6H14ClNSi. The van der Waals surface area contributed by atoms with Gasteiger partial charge in [0.05, 0.1) is 0 Å². The molecule has 0 rings (SSSR count). The first kappa shape index (κ1) is 9.47. The largest absolute Gasteiger partial charge is 0.304 e. The lowest BCUT2D eigenvalue weighted by atomic mass is 10.5. The van der Waals surface area contributed by atoms with Crippen LogP contribution in [0.4, 0.5) is 0 Å². The van der Waals surface area contributed by atoms with Gasteiger partial charge in [-0.2, -0.15) is 11.1 Å². The van der Waals surface area contributed by atoms with Gasteiger partial charge < -0.3 is 4.90 Å². The molecule has 0 unspecified atom stereocenters. The van der Waals surface area contributed by atoms with Crippen LogP contribution in [0.2, 0.25) is 6.04 Å². The Morgan fingerprint density at radius 2 is 1.89 bits per heavy atom. The highest BCUT2D eigenvalue weighted by Crippen LogP contribution is 1.90. The highest BCUT2D eigenvalue weighted by atomic mass is 35.6.